The van der Waals surface area contributed by atoms with Crippen molar-refractivity contribution >= 4 is 17.5 Å². The minimum absolute atomic E-state index is 0.0316. The molecule has 2 amide bonds. The first-order chi connectivity index (χ1) is 20.4. The van der Waals surface area contributed by atoms with Gasteiger partial charge in [0.15, 0.2) is 0 Å². The van der Waals surface area contributed by atoms with Crippen LogP contribution in [0, 0.1) is 5.92 Å². The molecule has 1 heterocycles. The molecule has 0 saturated carbocycles. The maximum atomic E-state index is 14.1. The van der Waals surface area contributed by atoms with Gasteiger partial charge in [0.2, 0.25) is 11.8 Å². The fraction of sp³-hybridized carbons (Fsp3) is 0.459. The number of carbonyl (C=O) groups is 2. The quantitative estimate of drug-likeness (QED) is 0.198. The molecule has 5 heteroatoms. The lowest BCUT2D eigenvalue weighted by Gasteiger charge is -2.34. The Bertz CT molecular complexity index is 1210. The monoisotopic (exact) mass is 567 g/mol. The first-order valence-corrected chi connectivity index (χ1v) is 16.0. The molecule has 5 nitrogen and oxygen atoms in total. The average Bonchev–Trinajstić information content (AvgIpc) is 3.02. The third kappa shape index (κ3) is 8.10. The number of carbonyl (C=O) groups excluding carboxylic acids is 2. The molecule has 0 atom stereocenters. The van der Waals surface area contributed by atoms with Crippen molar-refractivity contribution in [3.8, 4) is 0 Å². The fourth-order valence-corrected chi connectivity index (χ4v) is 6.22. The van der Waals surface area contributed by atoms with E-state index in [9.17, 15) is 9.59 Å². The van der Waals surface area contributed by atoms with Crippen molar-refractivity contribution in [1.82, 2.24) is 10.2 Å². The Balaban J connectivity index is 1.32. The van der Waals surface area contributed by atoms with Gasteiger partial charge in [-0.25, -0.2) is 0 Å². The van der Waals surface area contributed by atoms with Gasteiger partial charge in [0.25, 0.3) is 0 Å². The van der Waals surface area contributed by atoms with E-state index in [1.54, 1.807) is 0 Å². The highest BCUT2D eigenvalue weighted by Gasteiger charge is 2.41. The minimum Gasteiger partial charge on any atom is -0.355 e. The van der Waals surface area contributed by atoms with Crippen LogP contribution in [0.25, 0.3) is 0 Å². The van der Waals surface area contributed by atoms with Crippen molar-refractivity contribution in [2.75, 3.05) is 31.5 Å². The van der Waals surface area contributed by atoms with E-state index in [0.717, 1.165) is 81.4 Å². The van der Waals surface area contributed by atoms with Crippen LogP contribution in [0.5, 0.6) is 0 Å². The molecule has 1 aliphatic rings. The average molecular weight is 568 g/mol. The minimum atomic E-state index is -0.681. The Hall–Kier alpha value is -3.44. The summed E-state index contributed by atoms with van der Waals surface area (Å²) in [5.41, 5.74) is 3.66. The standard InChI is InChI=1S/C37H49N3O2/c1-4-5-12-23-37(32-16-8-6-9-17-32,33-18-10-7-11-19-33)36(42)38-24-14-25-40-26-21-30(22-27-40)31-15-13-20-34(28-31)39-35(41)29(2)3/h6-11,13,15-20,28-30H,4-5,12,14,21-27H2,1-3H3,(H,38,42)(H,39,41). The van der Waals surface area contributed by atoms with Crippen molar-refractivity contribution in [3.63, 3.8) is 0 Å². The van der Waals surface area contributed by atoms with Gasteiger partial charge >= 0.3 is 0 Å². The predicted octanol–water partition coefficient (Wildman–Crippen LogP) is 7.53. The van der Waals surface area contributed by atoms with Crippen LogP contribution >= 0.6 is 0 Å². The van der Waals surface area contributed by atoms with Crippen molar-refractivity contribution in [3.05, 3.63) is 102 Å². The molecule has 1 saturated heterocycles. The van der Waals surface area contributed by atoms with E-state index in [1.807, 2.05) is 62.4 Å². The first-order valence-electron chi connectivity index (χ1n) is 16.0. The lowest BCUT2D eigenvalue weighted by molar-refractivity contribution is -0.125. The SMILES string of the molecule is CCCCCC(C(=O)NCCCN1CCC(c2cccc(NC(=O)C(C)C)c2)CC1)(c1ccccc1)c1ccccc1. The summed E-state index contributed by atoms with van der Waals surface area (Å²) in [5, 5.41) is 6.39. The highest BCUT2D eigenvalue weighted by Crippen LogP contribution is 2.38. The Morgan fingerprint density at radius 2 is 1.50 bits per heavy atom. The lowest BCUT2D eigenvalue weighted by atomic mass is 9.70. The van der Waals surface area contributed by atoms with Gasteiger partial charge in [-0.05, 0) is 80.1 Å². The third-order valence-electron chi connectivity index (χ3n) is 8.75. The summed E-state index contributed by atoms with van der Waals surface area (Å²) in [7, 11) is 0. The molecule has 1 fully saturated rings. The largest absolute Gasteiger partial charge is 0.355 e. The summed E-state index contributed by atoms with van der Waals surface area (Å²) in [6, 6.07) is 29.0. The van der Waals surface area contributed by atoms with E-state index in [2.05, 4.69) is 58.9 Å². The molecule has 224 valence electrons. The van der Waals surface area contributed by atoms with Crippen LogP contribution in [0.4, 0.5) is 5.69 Å². The molecule has 0 bridgehead atoms. The zero-order valence-corrected chi connectivity index (χ0v) is 25.8. The topological polar surface area (TPSA) is 61.4 Å². The molecule has 4 rings (SSSR count). The first kappa shape index (κ1) is 31.5. The number of likely N-dealkylation sites (tertiary alicyclic amines) is 1. The van der Waals surface area contributed by atoms with Gasteiger partial charge in [0, 0.05) is 18.2 Å². The van der Waals surface area contributed by atoms with Crippen LogP contribution in [-0.2, 0) is 15.0 Å². The van der Waals surface area contributed by atoms with E-state index < -0.39 is 5.41 Å². The molecule has 3 aromatic rings. The van der Waals surface area contributed by atoms with Gasteiger partial charge in [0.1, 0.15) is 0 Å². The molecule has 2 N–H and O–H groups in total. The third-order valence-corrected chi connectivity index (χ3v) is 8.75. The van der Waals surface area contributed by atoms with Crippen LogP contribution < -0.4 is 10.6 Å². The van der Waals surface area contributed by atoms with Crippen molar-refractivity contribution in [2.45, 2.75) is 77.0 Å². The number of hydrogen-bond acceptors (Lipinski definition) is 3. The molecule has 1 aliphatic heterocycles. The van der Waals surface area contributed by atoms with Crippen LogP contribution in [0.3, 0.4) is 0 Å². The normalized spacial score (nSPS) is 14.6. The molecule has 0 aromatic heterocycles. The maximum Gasteiger partial charge on any atom is 0.235 e. The summed E-state index contributed by atoms with van der Waals surface area (Å²) in [5.74, 6) is 0.645. The Morgan fingerprint density at radius 3 is 2.10 bits per heavy atom. The Kier molecular flexibility index (Phi) is 11.8. The number of nitrogens with zero attached hydrogens (tertiary/aromatic N) is 1. The van der Waals surface area contributed by atoms with E-state index in [-0.39, 0.29) is 17.7 Å². The maximum absolute atomic E-state index is 14.1. The summed E-state index contributed by atoms with van der Waals surface area (Å²) in [4.78, 5) is 28.7. The number of benzene rings is 3. The van der Waals surface area contributed by atoms with E-state index >= 15 is 0 Å². The molecule has 0 spiro atoms. The number of hydrogen-bond donors (Lipinski definition) is 2. The Morgan fingerprint density at radius 1 is 0.857 bits per heavy atom. The number of piperidine rings is 1. The number of nitrogens with one attached hydrogen (secondary N) is 2. The predicted molar refractivity (Wildman–Crippen MR) is 174 cm³/mol. The second-order valence-corrected chi connectivity index (χ2v) is 12.1. The van der Waals surface area contributed by atoms with Crippen molar-refractivity contribution in [2.24, 2.45) is 5.92 Å². The highest BCUT2D eigenvalue weighted by atomic mass is 16.2. The van der Waals surface area contributed by atoms with Gasteiger partial charge < -0.3 is 15.5 Å². The number of anilines is 1. The molecular formula is C37H49N3O2. The van der Waals surface area contributed by atoms with E-state index in [1.165, 1.54) is 5.56 Å². The van der Waals surface area contributed by atoms with Gasteiger partial charge in [0.05, 0.1) is 5.41 Å². The van der Waals surface area contributed by atoms with Crippen molar-refractivity contribution < 1.29 is 9.59 Å². The molecule has 0 radical (unpaired) electrons. The number of amides is 2. The lowest BCUT2D eigenvalue weighted by Crippen LogP contribution is -2.46. The van der Waals surface area contributed by atoms with Crippen LogP contribution in [0.15, 0.2) is 84.9 Å². The van der Waals surface area contributed by atoms with Crippen LogP contribution in [0.2, 0.25) is 0 Å². The van der Waals surface area contributed by atoms with Gasteiger partial charge in [-0.1, -0.05) is 113 Å². The number of rotatable bonds is 14. The fourth-order valence-electron chi connectivity index (χ4n) is 6.22. The molecule has 0 aliphatic carbocycles. The molecule has 3 aromatic carbocycles. The molecule has 0 unspecified atom stereocenters. The van der Waals surface area contributed by atoms with E-state index in [4.69, 9.17) is 0 Å². The van der Waals surface area contributed by atoms with Crippen molar-refractivity contribution in [1.29, 1.82) is 0 Å². The zero-order valence-electron chi connectivity index (χ0n) is 25.8. The molecule has 42 heavy (non-hydrogen) atoms. The van der Waals surface area contributed by atoms with Gasteiger partial charge in [-0.2, -0.15) is 0 Å². The van der Waals surface area contributed by atoms with Crippen LogP contribution in [0.1, 0.15) is 88.3 Å². The van der Waals surface area contributed by atoms with Crippen LogP contribution in [-0.4, -0.2) is 42.9 Å². The summed E-state index contributed by atoms with van der Waals surface area (Å²) >= 11 is 0. The second kappa shape index (κ2) is 15.7. The summed E-state index contributed by atoms with van der Waals surface area (Å²) in [6.45, 7) is 9.79. The summed E-state index contributed by atoms with van der Waals surface area (Å²) < 4.78 is 0. The van der Waals surface area contributed by atoms with Gasteiger partial charge in [-0.3, -0.25) is 9.59 Å². The zero-order chi connectivity index (χ0) is 29.8. The van der Waals surface area contributed by atoms with Gasteiger partial charge in [-0.15, -0.1) is 0 Å². The molecular weight excluding hydrogens is 518 g/mol. The smallest absolute Gasteiger partial charge is 0.235 e. The van der Waals surface area contributed by atoms with E-state index in [0.29, 0.717) is 12.5 Å². The number of unbranched alkanes of at least 4 members (excludes halogenated alkanes) is 2. The Labute approximate surface area is 253 Å². The second-order valence-electron chi connectivity index (χ2n) is 12.1. The highest BCUT2D eigenvalue weighted by molar-refractivity contribution is 5.92. The summed E-state index contributed by atoms with van der Waals surface area (Å²) in [6.07, 6.45) is 7.20.